The average Bonchev–Trinajstić information content (AvgIpc) is 3.37. The Bertz CT molecular complexity index is 1230. The topological polar surface area (TPSA) is 108 Å². The number of hydrogen-bond acceptors (Lipinski definition) is 7. The minimum Gasteiger partial charge on any atom is -0.386 e. The van der Waals surface area contributed by atoms with E-state index < -0.39 is 5.60 Å². The van der Waals surface area contributed by atoms with Gasteiger partial charge in [0, 0.05) is 5.56 Å². The lowest BCUT2D eigenvalue weighted by Gasteiger charge is -2.20. The van der Waals surface area contributed by atoms with E-state index >= 15 is 0 Å². The second-order valence-corrected chi connectivity index (χ2v) is 7.74. The van der Waals surface area contributed by atoms with Gasteiger partial charge in [-0.2, -0.15) is 4.98 Å². The van der Waals surface area contributed by atoms with E-state index in [-0.39, 0.29) is 0 Å². The highest BCUT2D eigenvalue weighted by Crippen LogP contribution is 2.38. The zero-order chi connectivity index (χ0) is 20.3. The zero-order valence-electron chi connectivity index (χ0n) is 16.7. The molecule has 1 aromatic carbocycles. The lowest BCUT2D eigenvalue weighted by Crippen LogP contribution is -2.16. The van der Waals surface area contributed by atoms with E-state index in [0.717, 1.165) is 40.3 Å². The first-order valence-corrected chi connectivity index (χ1v) is 9.53. The first-order valence-electron chi connectivity index (χ1n) is 9.53. The molecule has 1 aliphatic rings. The number of imidazole rings is 1. The Morgan fingerprint density at radius 3 is 2.79 bits per heavy atom. The molecule has 3 aromatic heterocycles. The van der Waals surface area contributed by atoms with E-state index in [2.05, 4.69) is 32.4 Å². The van der Waals surface area contributed by atoms with Crippen LogP contribution in [0.5, 0.6) is 0 Å². The molecule has 29 heavy (non-hydrogen) atoms. The molecule has 0 saturated heterocycles. The van der Waals surface area contributed by atoms with E-state index in [0.29, 0.717) is 24.0 Å². The molecule has 0 radical (unpaired) electrons. The van der Waals surface area contributed by atoms with Gasteiger partial charge in [-0.1, -0.05) is 23.4 Å². The first-order chi connectivity index (χ1) is 13.9. The molecule has 0 amide bonds. The molecule has 0 saturated carbocycles. The maximum Gasteiger partial charge on any atom is 0.278 e. The van der Waals surface area contributed by atoms with Gasteiger partial charge in [0.15, 0.2) is 11.5 Å². The Hall–Kier alpha value is -3.33. The third-order valence-electron chi connectivity index (χ3n) is 5.25. The normalized spacial score (nSPS) is 13.0. The quantitative estimate of drug-likeness (QED) is 0.504. The second kappa shape index (κ2) is 6.08. The van der Waals surface area contributed by atoms with Crippen LogP contribution in [0.25, 0.3) is 28.5 Å². The molecular formula is C20H21N7O2. The van der Waals surface area contributed by atoms with E-state index in [1.165, 1.54) is 0 Å². The van der Waals surface area contributed by atoms with E-state index in [1.807, 2.05) is 27.4 Å². The minimum absolute atomic E-state index is 0.380. The maximum atomic E-state index is 10.6. The van der Waals surface area contributed by atoms with Crippen LogP contribution in [-0.4, -0.2) is 39.8 Å². The number of nitrogens with zero attached hydrogens (tertiary/aromatic N) is 7. The summed E-state index contributed by atoms with van der Waals surface area (Å²) in [5, 5.41) is 23.2. The fraction of sp³-hybridized carbons (Fsp3) is 0.350. The van der Waals surface area contributed by atoms with Gasteiger partial charge in [-0.15, -0.1) is 5.10 Å². The minimum atomic E-state index is -0.962. The molecule has 0 atom stereocenters. The molecule has 0 spiro atoms. The fourth-order valence-corrected chi connectivity index (χ4v) is 3.75. The molecule has 9 nitrogen and oxygen atoms in total. The SMILES string of the molecule is CCc1nnn2c1-c1cc(C(C)(C)O)ccc1-n1cnc(-c3nc(C)no3)c1C2. The first kappa shape index (κ1) is 17.7. The van der Waals surface area contributed by atoms with Gasteiger partial charge in [-0.3, -0.25) is 4.57 Å². The van der Waals surface area contributed by atoms with Crippen molar-refractivity contribution in [2.75, 3.05) is 0 Å². The highest BCUT2D eigenvalue weighted by atomic mass is 16.5. The average molecular weight is 391 g/mol. The smallest absolute Gasteiger partial charge is 0.278 e. The molecule has 148 valence electrons. The lowest BCUT2D eigenvalue weighted by molar-refractivity contribution is 0.0786. The van der Waals surface area contributed by atoms with Gasteiger partial charge < -0.3 is 9.63 Å². The monoisotopic (exact) mass is 391 g/mol. The zero-order valence-corrected chi connectivity index (χ0v) is 16.7. The predicted octanol–water partition coefficient (Wildman–Crippen LogP) is 2.64. The lowest BCUT2D eigenvalue weighted by atomic mass is 9.94. The molecule has 0 unspecified atom stereocenters. The van der Waals surface area contributed by atoms with Gasteiger partial charge in [0.2, 0.25) is 0 Å². The van der Waals surface area contributed by atoms with Crippen LogP contribution in [-0.2, 0) is 18.6 Å². The Morgan fingerprint density at radius 2 is 2.10 bits per heavy atom. The number of benzene rings is 1. The van der Waals surface area contributed by atoms with Crippen molar-refractivity contribution >= 4 is 0 Å². The molecule has 9 heteroatoms. The van der Waals surface area contributed by atoms with Gasteiger partial charge in [0.25, 0.3) is 5.89 Å². The summed E-state index contributed by atoms with van der Waals surface area (Å²) < 4.78 is 9.26. The van der Waals surface area contributed by atoms with Crippen LogP contribution in [0.1, 0.15) is 43.5 Å². The van der Waals surface area contributed by atoms with Gasteiger partial charge in [-0.05, 0) is 44.9 Å². The van der Waals surface area contributed by atoms with Crippen molar-refractivity contribution in [3.05, 3.63) is 47.3 Å². The third-order valence-corrected chi connectivity index (χ3v) is 5.25. The number of aliphatic hydroxyl groups is 1. The molecule has 0 aliphatic carbocycles. The van der Waals surface area contributed by atoms with Gasteiger partial charge >= 0.3 is 0 Å². The number of aryl methyl sites for hydroxylation is 2. The Kier molecular flexibility index (Phi) is 3.72. The van der Waals surface area contributed by atoms with Crippen LogP contribution < -0.4 is 0 Å². The second-order valence-electron chi connectivity index (χ2n) is 7.74. The van der Waals surface area contributed by atoms with Crippen molar-refractivity contribution in [2.24, 2.45) is 0 Å². The van der Waals surface area contributed by atoms with Crippen LogP contribution >= 0.6 is 0 Å². The van der Waals surface area contributed by atoms with E-state index in [9.17, 15) is 5.11 Å². The summed E-state index contributed by atoms with van der Waals surface area (Å²) >= 11 is 0. The maximum absolute atomic E-state index is 10.6. The number of rotatable bonds is 3. The summed E-state index contributed by atoms with van der Waals surface area (Å²) in [6.07, 6.45) is 2.52. The van der Waals surface area contributed by atoms with Crippen molar-refractivity contribution in [1.29, 1.82) is 0 Å². The molecule has 4 aromatic rings. The molecule has 1 aliphatic heterocycles. The number of fused-ring (bicyclic) bond motifs is 5. The highest BCUT2D eigenvalue weighted by Gasteiger charge is 2.29. The molecule has 1 N–H and O–H groups in total. The van der Waals surface area contributed by atoms with Gasteiger partial charge in [-0.25, -0.2) is 9.67 Å². The van der Waals surface area contributed by atoms with Crippen molar-refractivity contribution in [1.82, 2.24) is 34.7 Å². The van der Waals surface area contributed by atoms with Crippen LogP contribution in [0.4, 0.5) is 0 Å². The van der Waals surface area contributed by atoms with Gasteiger partial charge in [0.1, 0.15) is 6.33 Å². The predicted molar refractivity (Wildman–Crippen MR) is 104 cm³/mol. The van der Waals surface area contributed by atoms with Crippen molar-refractivity contribution in [3.8, 4) is 28.5 Å². The van der Waals surface area contributed by atoms with Crippen molar-refractivity contribution < 1.29 is 9.63 Å². The standard InChI is InChI=1S/C20H21N7O2/c1-5-14-18-13-8-12(20(3,4)28)6-7-15(13)26-10-21-17(19-22-11(2)24-29-19)16(26)9-27(18)25-23-14/h6-8,10,28H,5,9H2,1-4H3. The van der Waals surface area contributed by atoms with Crippen LogP contribution in [0.15, 0.2) is 29.0 Å². The Balaban J connectivity index is 1.80. The van der Waals surface area contributed by atoms with Crippen LogP contribution in [0.3, 0.4) is 0 Å². The third kappa shape index (κ3) is 2.69. The van der Waals surface area contributed by atoms with Crippen molar-refractivity contribution in [3.63, 3.8) is 0 Å². The number of aromatic nitrogens is 7. The van der Waals surface area contributed by atoms with Crippen LogP contribution in [0.2, 0.25) is 0 Å². The van der Waals surface area contributed by atoms with E-state index in [4.69, 9.17) is 4.52 Å². The Labute approximate surface area is 167 Å². The molecular weight excluding hydrogens is 370 g/mol. The van der Waals surface area contributed by atoms with Gasteiger partial charge in [0.05, 0.1) is 34.9 Å². The molecule has 0 bridgehead atoms. The summed E-state index contributed by atoms with van der Waals surface area (Å²) in [5.74, 6) is 0.936. The Morgan fingerprint density at radius 1 is 1.28 bits per heavy atom. The summed E-state index contributed by atoms with van der Waals surface area (Å²) in [6.45, 7) is 7.86. The highest BCUT2D eigenvalue weighted by molar-refractivity contribution is 5.75. The van der Waals surface area contributed by atoms with E-state index in [1.54, 1.807) is 27.1 Å². The van der Waals surface area contributed by atoms with Crippen LogP contribution in [0, 0.1) is 6.92 Å². The summed E-state index contributed by atoms with van der Waals surface area (Å²) in [6, 6.07) is 5.94. The summed E-state index contributed by atoms with van der Waals surface area (Å²) in [4.78, 5) is 8.89. The van der Waals surface area contributed by atoms with Crippen molar-refractivity contribution in [2.45, 2.75) is 46.3 Å². The summed E-state index contributed by atoms with van der Waals surface area (Å²) in [7, 11) is 0. The fourth-order valence-electron chi connectivity index (χ4n) is 3.75. The summed E-state index contributed by atoms with van der Waals surface area (Å²) in [5.41, 5.74) is 5.13. The number of hydrogen-bond donors (Lipinski definition) is 1. The molecule has 0 fully saturated rings. The molecule has 4 heterocycles. The largest absolute Gasteiger partial charge is 0.386 e. The molecule has 5 rings (SSSR count).